The second-order valence-corrected chi connectivity index (χ2v) is 4.47. The molecule has 0 spiro atoms. The molecule has 3 nitrogen and oxygen atoms in total. The van der Waals surface area contributed by atoms with Crippen LogP contribution in [0.2, 0.25) is 0 Å². The Balaban J connectivity index is 3.08. The van der Waals surface area contributed by atoms with Crippen molar-refractivity contribution in [1.29, 1.82) is 0 Å². The van der Waals surface area contributed by atoms with E-state index >= 15 is 0 Å². The molecule has 0 aliphatic carbocycles. The van der Waals surface area contributed by atoms with Gasteiger partial charge in [0.25, 0.3) is 0 Å². The zero-order valence-electron chi connectivity index (χ0n) is 7.11. The molecule has 8 heteroatoms. The summed E-state index contributed by atoms with van der Waals surface area (Å²) >= 11 is 4.84. The molecule has 0 aromatic carbocycles. The first-order valence-corrected chi connectivity index (χ1v) is 5.51. The lowest BCUT2D eigenvalue weighted by molar-refractivity contribution is -0.276. The highest BCUT2D eigenvalue weighted by Crippen LogP contribution is 2.29. The van der Waals surface area contributed by atoms with Crippen LogP contribution in [-0.2, 0) is 6.54 Å². The monoisotopic (exact) mass is 396 g/mol. The number of ether oxygens (including phenoxy) is 1. The summed E-state index contributed by atoms with van der Waals surface area (Å²) < 4.78 is 40.4. The Hall–Kier alpha value is -0.0900. The van der Waals surface area contributed by atoms with Crippen LogP contribution in [0.3, 0.4) is 0 Å². The molecule has 0 aliphatic rings. The number of hydrogen-bond donors (Lipinski definition) is 1. The molecule has 0 unspecified atom stereocenters. The molecule has 1 aromatic rings. The minimum atomic E-state index is -4.74. The minimum absolute atomic E-state index is 0.0335. The van der Waals surface area contributed by atoms with Crippen LogP contribution in [-0.4, -0.2) is 11.3 Å². The van der Waals surface area contributed by atoms with Crippen LogP contribution in [0.4, 0.5) is 13.2 Å². The summed E-state index contributed by atoms with van der Waals surface area (Å²) in [5, 5.41) is 0. The molecule has 15 heavy (non-hydrogen) atoms. The van der Waals surface area contributed by atoms with Gasteiger partial charge >= 0.3 is 6.36 Å². The Kier molecular flexibility index (Phi) is 4.18. The molecule has 0 fully saturated rings. The van der Waals surface area contributed by atoms with Gasteiger partial charge in [-0.3, -0.25) is 0 Å². The summed E-state index contributed by atoms with van der Waals surface area (Å²) in [5.74, 6) is -0.480. The first-order chi connectivity index (χ1) is 6.83. The Morgan fingerprint density at radius 1 is 1.53 bits per heavy atom. The zero-order valence-corrected chi connectivity index (χ0v) is 10.9. The van der Waals surface area contributed by atoms with Crippen LogP contribution in [0.5, 0.6) is 5.88 Å². The van der Waals surface area contributed by atoms with Gasteiger partial charge < -0.3 is 10.5 Å². The highest BCUT2D eigenvalue weighted by molar-refractivity contribution is 14.1. The number of halogens is 5. The van der Waals surface area contributed by atoms with Crippen LogP contribution in [0, 0.1) is 3.57 Å². The Morgan fingerprint density at radius 2 is 2.13 bits per heavy atom. The summed E-state index contributed by atoms with van der Waals surface area (Å²) in [6.07, 6.45) is -4.74. The summed E-state index contributed by atoms with van der Waals surface area (Å²) in [4.78, 5) is 3.65. The summed E-state index contributed by atoms with van der Waals surface area (Å²) in [6, 6.07) is 1.47. The van der Waals surface area contributed by atoms with Crippen molar-refractivity contribution < 1.29 is 17.9 Å². The van der Waals surface area contributed by atoms with E-state index < -0.39 is 12.2 Å². The van der Waals surface area contributed by atoms with E-state index in [9.17, 15) is 13.2 Å². The van der Waals surface area contributed by atoms with Crippen molar-refractivity contribution in [3.05, 3.63) is 19.8 Å². The van der Waals surface area contributed by atoms with Crippen LogP contribution < -0.4 is 10.5 Å². The lowest BCUT2D eigenvalue weighted by Crippen LogP contribution is -2.19. The van der Waals surface area contributed by atoms with Gasteiger partial charge in [-0.15, -0.1) is 13.2 Å². The van der Waals surface area contributed by atoms with E-state index in [2.05, 4.69) is 25.7 Å². The number of hydrogen-bond acceptors (Lipinski definition) is 3. The van der Waals surface area contributed by atoms with E-state index in [4.69, 9.17) is 5.73 Å². The van der Waals surface area contributed by atoms with Crippen molar-refractivity contribution in [2.24, 2.45) is 5.73 Å². The lowest BCUT2D eigenvalue weighted by Gasteiger charge is -2.11. The second kappa shape index (κ2) is 4.83. The molecule has 0 saturated carbocycles. The normalized spacial score (nSPS) is 11.6. The van der Waals surface area contributed by atoms with Gasteiger partial charge in [0.15, 0.2) is 0 Å². The SMILES string of the molecule is NCc1nc(OC(F)(F)F)c(I)cc1Br. The van der Waals surface area contributed by atoms with E-state index in [0.29, 0.717) is 10.2 Å². The van der Waals surface area contributed by atoms with E-state index in [1.807, 2.05) is 0 Å². The van der Waals surface area contributed by atoms with Crippen LogP contribution in [0.1, 0.15) is 5.69 Å². The first-order valence-electron chi connectivity index (χ1n) is 3.64. The standard InChI is InChI=1S/C7H5BrF3IN2O/c8-3-1-4(12)6(14-5(3)2-13)15-7(9,10)11/h1H,2,13H2. The van der Waals surface area contributed by atoms with E-state index in [0.717, 1.165) is 0 Å². The molecule has 1 heterocycles. The molecule has 0 radical (unpaired) electrons. The zero-order chi connectivity index (χ0) is 11.6. The predicted octanol–water partition coefficient (Wildman–Crippen LogP) is 2.81. The van der Waals surface area contributed by atoms with Gasteiger partial charge in [0, 0.05) is 11.0 Å². The van der Waals surface area contributed by atoms with Crippen molar-refractivity contribution in [3.8, 4) is 5.88 Å². The van der Waals surface area contributed by atoms with Crippen molar-refractivity contribution in [2.45, 2.75) is 12.9 Å². The van der Waals surface area contributed by atoms with Crippen molar-refractivity contribution in [3.63, 3.8) is 0 Å². The molecule has 0 aliphatic heterocycles. The molecular formula is C7H5BrF3IN2O. The summed E-state index contributed by atoms with van der Waals surface area (Å²) in [5.41, 5.74) is 5.62. The molecule has 2 N–H and O–H groups in total. The van der Waals surface area contributed by atoms with Crippen molar-refractivity contribution in [1.82, 2.24) is 4.98 Å². The molecule has 1 rings (SSSR count). The van der Waals surface area contributed by atoms with Gasteiger partial charge in [-0.2, -0.15) is 0 Å². The van der Waals surface area contributed by atoms with Gasteiger partial charge in [-0.05, 0) is 44.6 Å². The quantitative estimate of drug-likeness (QED) is 0.782. The Morgan fingerprint density at radius 3 is 2.60 bits per heavy atom. The molecular weight excluding hydrogens is 392 g/mol. The fourth-order valence-corrected chi connectivity index (χ4v) is 2.26. The Labute approximate surface area is 105 Å². The predicted molar refractivity (Wildman–Crippen MR) is 59.2 cm³/mol. The van der Waals surface area contributed by atoms with Crippen LogP contribution >= 0.6 is 38.5 Å². The van der Waals surface area contributed by atoms with Gasteiger partial charge in [0.05, 0.1) is 9.26 Å². The number of nitrogens with two attached hydrogens (primary N) is 1. The van der Waals surface area contributed by atoms with E-state index in [1.165, 1.54) is 6.07 Å². The number of alkyl halides is 3. The second-order valence-electron chi connectivity index (χ2n) is 2.46. The highest BCUT2D eigenvalue weighted by atomic mass is 127. The maximum absolute atomic E-state index is 11.9. The summed E-state index contributed by atoms with van der Waals surface area (Å²) in [7, 11) is 0. The van der Waals surface area contributed by atoms with Gasteiger partial charge in [0.2, 0.25) is 5.88 Å². The third-order valence-electron chi connectivity index (χ3n) is 1.38. The number of nitrogens with zero attached hydrogens (tertiary/aromatic N) is 1. The van der Waals surface area contributed by atoms with Gasteiger partial charge in [0.1, 0.15) is 0 Å². The average Bonchev–Trinajstić information content (AvgIpc) is 2.07. The number of aromatic nitrogens is 1. The lowest BCUT2D eigenvalue weighted by atomic mass is 10.3. The summed E-state index contributed by atoms with van der Waals surface area (Å²) in [6.45, 7) is 0.0335. The van der Waals surface area contributed by atoms with Crippen molar-refractivity contribution >= 4 is 38.5 Å². The number of pyridine rings is 1. The van der Waals surface area contributed by atoms with Crippen LogP contribution in [0.25, 0.3) is 0 Å². The average molecular weight is 397 g/mol. The highest BCUT2D eigenvalue weighted by Gasteiger charge is 2.33. The molecule has 84 valence electrons. The topological polar surface area (TPSA) is 48.1 Å². The maximum Gasteiger partial charge on any atom is 0.574 e. The molecule has 0 bridgehead atoms. The molecule has 0 amide bonds. The molecule has 0 atom stereocenters. The van der Waals surface area contributed by atoms with E-state index in [-0.39, 0.29) is 10.1 Å². The Bertz CT molecular complexity index is 372. The van der Waals surface area contributed by atoms with Crippen molar-refractivity contribution in [2.75, 3.05) is 0 Å². The van der Waals surface area contributed by atoms with E-state index in [1.54, 1.807) is 22.6 Å². The maximum atomic E-state index is 11.9. The third kappa shape index (κ3) is 3.76. The first kappa shape index (κ1) is 13.0. The van der Waals surface area contributed by atoms with Crippen LogP contribution in [0.15, 0.2) is 10.5 Å². The fraction of sp³-hybridized carbons (Fsp3) is 0.286. The molecule has 1 aromatic heterocycles. The third-order valence-corrected chi connectivity index (χ3v) is 2.84. The minimum Gasteiger partial charge on any atom is -0.387 e. The largest absolute Gasteiger partial charge is 0.574 e. The van der Waals surface area contributed by atoms with Gasteiger partial charge in [-0.1, -0.05) is 0 Å². The smallest absolute Gasteiger partial charge is 0.387 e. The number of rotatable bonds is 2. The van der Waals surface area contributed by atoms with Gasteiger partial charge in [-0.25, -0.2) is 4.98 Å². The molecule has 0 saturated heterocycles. The fourth-order valence-electron chi connectivity index (χ4n) is 0.810.